The second-order valence-electron chi connectivity index (χ2n) is 2.28. The Bertz CT molecular complexity index is 213. The quantitative estimate of drug-likeness (QED) is 0.341. The lowest BCUT2D eigenvalue weighted by atomic mass is 10.2. The number of ketones is 1. The van der Waals surface area contributed by atoms with E-state index < -0.39 is 22.8 Å². The SMILES string of the molecule is CCOC(=O)CC(=O)CCS(=O)[O-]. The maximum atomic E-state index is 10.9. The van der Waals surface area contributed by atoms with Crippen molar-refractivity contribution in [1.29, 1.82) is 0 Å². The molecule has 0 amide bonds. The fraction of sp³-hybridized carbons (Fsp3) is 0.714. The van der Waals surface area contributed by atoms with Crippen molar-refractivity contribution >= 4 is 22.8 Å². The molecule has 0 aliphatic heterocycles. The molecule has 0 aromatic carbocycles. The number of carbonyl (C=O) groups is 2. The van der Waals surface area contributed by atoms with Crippen molar-refractivity contribution in [2.45, 2.75) is 19.8 Å². The van der Waals surface area contributed by atoms with Crippen LogP contribution in [0.4, 0.5) is 0 Å². The molecule has 0 spiro atoms. The molecule has 0 aliphatic rings. The van der Waals surface area contributed by atoms with Crippen molar-refractivity contribution in [2.24, 2.45) is 0 Å². The zero-order valence-electron chi connectivity index (χ0n) is 7.28. The summed E-state index contributed by atoms with van der Waals surface area (Å²) in [5.41, 5.74) is 0. The predicted molar refractivity (Wildman–Crippen MR) is 44.7 cm³/mol. The van der Waals surface area contributed by atoms with Gasteiger partial charge >= 0.3 is 5.97 Å². The van der Waals surface area contributed by atoms with Crippen LogP contribution in [0.1, 0.15) is 19.8 Å². The number of hydrogen-bond acceptors (Lipinski definition) is 5. The molecule has 1 atom stereocenters. The molecule has 76 valence electrons. The van der Waals surface area contributed by atoms with Gasteiger partial charge in [-0.3, -0.25) is 13.8 Å². The molecule has 1 unspecified atom stereocenters. The Hall–Kier alpha value is -0.750. The average Bonchev–Trinajstić information content (AvgIpc) is 2.01. The fourth-order valence-electron chi connectivity index (χ4n) is 0.659. The van der Waals surface area contributed by atoms with E-state index in [9.17, 15) is 18.4 Å². The first kappa shape index (κ1) is 12.2. The molecule has 0 aromatic heterocycles. The molecule has 0 aliphatic carbocycles. The summed E-state index contributed by atoms with van der Waals surface area (Å²) in [4.78, 5) is 21.6. The molecule has 5 nitrogen and oxygen atoms in total. The van der Waals surface area contributed by atoms with E-state index in [2.05, 4.69) is 4.74 Å². The van der Waals surface area contributed by atoms with Crippen LogP contribution in [0, 0.1) is 0 Å². The second-order valence-corrected chi connectivity index (χ2v) is 3.29. The van der Waals surface area contributed by atoms with Crippen LogP contribution in [0.25, 0.3) is 0 Å². The van der Waals surface area contributed by atoms with Gasteiger partial charge in [-0.1, -0.05) is 11.1 Å². The first-order valence-electron chi connectivity index (χ1n) is 3.79. The van der Waals surface area contributed by atoms with Crippen molar-refractivity contribution in [3.63, 3.8) is 0 Å². The summed E-state index contributed by atoms with van der Waals surface area (Å²) in [6, 6.07) is 0. The van der Waals surface area contributed by atoms with Crippen molar-refractivity contribution in [1.82, 2.24) is 0 Å². The van der Waals surface area contributed by atoms with Crippen molar-refractivity contribution in [3.8, 4) is 0 Å². The van der Waals surface area contributed by atoms with Gasteiger partial charge in [-0.25, -0.2) is 0 Å². The molecular weight excluding hydrogens is 196 g/mol. The van der Waals surface area contributed by atoms with Crippen LogP contribution in [0.3, 0.4) is 0 Å². The smallest absolute Gasteiger partial charge is 0.313 e. The highest BCUT2D eigenvalue weighted by molar-refractivity contribution is 7.79. The zero-order valence-corrected chi connectivity index (χ0v) is 8.09. The standard InChI is InChI=1S/C7H12O5S/c1-2-12-7(9)5-6(8)3-4-13(10)11/h2-5H2,1H3,(H,10,11)/p-1. The van der Waals surface area contributed by atoms with Crippen LogP contribution in [0.5, 0.6) is 0 Å². The lowest BCUT2D eigenvalue weighted by Crippen LogP contribution is -2.13. The Morgan fingerprint density at radius 2 is 2.08 bits per heavy atom. The number of ether oxygens (including phenoxy) is 1. The molecule has 0 aromatic rings. The first-order valence-corrected chi connectivity index (χ1v) is 5.03. The minimum atomic E-state index is -2.23. The molecule has 0 bridgehead atoms. The maximum Gasteiger partial charge on any atom is 0.313 e. The van der Waals surface area contributed by atoms with Gasteiger partial charge in [-0.2, -0.15) is 0 Å². The van der Waals surface area contributed by atoms with Crippen LogP contribution in [-0.2, 0) is 25.4 Å². The van der Waals surface area contributed by atoms with E-state index in [0.29, 0.717) is 0 Å². The van der Waals surface area contributed by atoms with E-state index in [-0.39, 0.29) is 25.2 Å². The summed E-state index contributed by atoms with van der Waals surface area (Å²) in [6.45, 7) is 1.86. The molecule has 13 heavy (non-hydrogen) atoms. The molecule has 0 fully saturated rings. The average molecular weight is 207 g/mol. The van der Waals surface area contributed by atoms with E-state index >= 15 is 0 Å². The molecule has 0 rings (SSSR count). The van der Waals surface area contributed by atoms with Crippen molar-refractivity contribution in [2.75, 3.05) is 12.4 Å². The Kier molecular flexibility index (Phi) is 6.34. The van der Waals surface area contributed by atoms with Crippen LogP contribution >= 0.6 is 0 Å². The first-order chi connectivity index (χ1) is 6.06. The lowest BCUT2D eigenvalue weighted by Gasteiger charge is -2.03. The summed E-state index contributed by atoms with van der Waals surface area (Å²) in [5.74, 6) is -1.26. The third-order valence-electron chi connectivity index (χ3n) is 1.19. The van der Waals surface area contributed by atoms with Gasteiger partial charge in [-0.05, 0) is 6.92 Å². The van der Waals surface area contributed by atoms with E-state index in [1.165, 1.54) is 0 Å². The van der Waals surface area contributed by atoms with E-state index in [0.717, 1.165) is 0 Å². The van der Waals surface area contributed by atoms with Crippen LogP contribution in [0.15, 0.2) is 0 Å². The van der Waals surface area contributed by atoms with Gasteiger partial charge in [-0.15, -0.1) is 0 Å². The number of carbonyl (C=O) groups excluding carboxylic acids is 2. The summed E-state index contributed by atoms with van der Waals surface area (Å²) in [6.07, 6.45) is -0.472. The van der Waals surface area contributed by atoms with Gasteiger partial charge in [0.05, 0.1) is 6.61 Å². The fourth-order valence-corrected chi connectivity index (χ4v) is 1.05. The minimum absolute atomic E-state index is 0.130. The molecule has 0 N–H and O–H groups in total. The Morgan fingerprint density at radius 3 is 2.54 bits per heavy atom. The van der Waals surface area contributed by atoms with Crippen LogP contribution < -0.4 is 0 Å². The molecular formula is C7H11O5S-. The van der Waals surface area contributed by atoms with Crippen molar-refractivity contribution < 1.29 is 23.1 Å². The summed E-state index contributed by atoms with van der Waals surface area (Å²) >= 11 is -2.23. The van der Waals surface area contributed by atoms with E-state index in [4.69, 9.17) is 0 Å². The van der Waals surface area contributed by atoms with Crippen molar-refractivity contribution in [3.05, 3.63) is 0 Å². The summed E-state index contributed by atoms with van der Waals surface area (Å²) in [7, 11) is 0. The number of esters is 1. The highest BCUT2D eigenvalue weighted by Crippen LogP contribution is 1.94. The lowest BCUT2D eigenvalue weighted by molar-refractivity contribution is -0.145. The molecule has 0 saturated heterocycles. The molecule has 6 heteroatoms. The zero-order chi connectivity index (χ0) is 10.3. The molecule has 0 heterocycles. The third kappa shape index (κ3) is 7.61. The Labute approximate surface area is 78.7 Å². The highest BCUT2D eigenvalue weighted by Gasteiger charge is 2.09. The Balaban J connectivity index is 3.62. The topological polar surface area (TPSA) is 83.5 Å². The van der Waals surface area contributed by atoms with E-state index in [1.54, 1.807) is 6.92 Å². The van der Waals surface area contributed by atoms with Gasteiger partial charge in [0.25, 0.3) is 0 Å². The molecule has 0 radical (unpaired) electrons. The van der Waals surface area contributed by atoms with Crippen LogP contribution in [-0.4, -0.2) is 32.9 Å². The van der Waals surface area contributed by atoms with E-state index in [1.807, 2.05) is 0 Å². The number of hydrogen-bond donors (Lipinski definition) is 0. The van der Waals surface area contributed by atoms with Gasteiger partial charge in [0.2, 0.25) is 0 Å². The summed E-state index contributed by atoms with van der Waals surface area (Å²) < 4.78 is 24.6. The largest absolute Gasteiger partial charge is 0.772 e. The van der Waals surface area contributed by atoms with Gasteiger partial charge in [0.15, 0.2) is 0 Å². The monoisotopic (exact) mass is 207 g/mol. The number of Topliss-reactive ketones (excluding diaryl/α,β-unsaturated/α-hetero) is 1. The van der Waals surface area contributed by atoms with Gasteiger partial charge < -0.3 is 9.29 Å². The normalized spacial score (nSPS) is 12.2. The highest BCUT2D eigenvalue weighted by atomic mass is 32.2. The maximum absolute atomic E-state index is 10.9. The second kappa shape index (κ2) is 6.73. The van der Waals surface area contributed by atoms with Gasteiger partial charge in [0, 0.05) is 12.2 Å². The van der Waals surface area contributed by atoms with Crippen LogP contribution in [0.2, 0.25) is 0 Å². The van der Waals surface area contributed by atoms with Gasteiger partial charge in [0.1, 0.15) is 12.2 Å². The minimum Gasteiger partial charge on any atom is -0.772 e. The molecule has 0 saturated carbocycles. The third-order valence-corrected chi connectivity index (χ3v) is 1.73. The Morgan fingerprint density at radius 1 is 1.46 bits per heavy atom. The number of rotatable bonds is 6. The predicted octanol–water partition coefficient (Wildman–Crippen LogP) is -0.222. The summed E-state index contributed by atoms with van der Waals surface area (Å²) in [5, 5.41) is 0.